The second-order valence-corrected chi connectivity index (χ2v) is 7.32. The lowest BCUT2D eigenvalue weighted by Crippen LogP contribution is -2.29. The Bertz CT molecular complexity index is 523. The molecule has 0 aromatic carbocycles. The minimum Gasteiger partial charge on any atom is -0.382 e. The minimum atomic E-state index is -0.113. The molecule has 0 atom stereocenters. The van der Waals surface area contributed by atoms with Crippen molar-refractivity contribution in [1.29, 1.82) is 0 Å². The van der Waals surface area contributed by atoms with Crippen LogP contribution in [0.5, 0.6) is 0 Å². The van der Waals surface area contributed by atoms with Crippen LogP contribution in [0.1, 0.15) is 26.2 Å². The molecule has 0 heterocycles. The number of methoxy groups -OCH3 is 1. The molecule has 35 heavy (non-hydrogen) atoms. The van der Waals surface area contributed by atoms with Gasteiger partial charge in [-0.15, -0.1) is 0 Å². The third kappa shape index (κ3) is 28.5. The molecule has 0 spiro atoms. The minimum absolute atomic E-state index is 0.0976. The number of Topliss-reactive ketones (excluding diaryl/α,β-unsaturated/α-hetero) is 1. The quantitative estimate of drug-likeness (QED) is 0.142. The fourth-order valence-corrected chi connectivity index (χ4v) is 2.36. The number of ether oxygens (including phenoxy) is 7. The maximum Gasteiger partial charge on any atom is 0.222 e. The molecule has 0 aromatic heterocycles. The van der Waals surface area contributed by atoms with Gasteiger partial charge >= 0.3 is 0 Å². The normalized spacial score (nSPS) is 10.9. The molecule has 2 amide bonds. The lowest BCUT2D eigenvalue weighted by atomic mass is 10.3. The lowest BCUT2D eigenvalue weighted by molar-refractivity contribution is -0.123. The van der Waals surface area contributed by atoms with Crippen LogP contribution in [-0.4, -0.2) is 124 Å². The Morgan fingerprint density at radius 2 is 0.829 bits per heavy atom. The summed E-state index contributed by atoms with van der Waals surface area (Å²) < 4.78 is 36.7. The molecule has 12 heteroatoms. The van der Waals surface area contributed by atoms with Gasteiger partial charge in [-0.2, -0.15) is 0 Å². The van der Waals surface area contributed by atoms with E-state index in [1.165, 1.54) is 6.92 Å². The highest BCUT2D eigenvalue weighted by atomic mass is 16.5. The zero-order chi connectivity index (χ0) is 25.8. The van der Waals surface area contributed by atoms with E-state index < -0.39 is 0 Å². The van der Waals surface area contributed by atoms with Crippen LogP contribution in [0.4, 0.5) is 0 Å². The summed E-state index contributed by atoms with van der Waals surface area (Å²) in [5.41, 5.74) is 0. The number of carbonyl (C=O) groups excluding carboxylic acids is 3. The van der Waals surface area contributed by atoms with Crippen molar-refractivity contribution >= 4 is 17.6 Å². The standard InChI is InChI=1S/C23H44N2O10/c1-21(26)3-8-30-15-18-33-11-6-24-22(27)4-9-31-16-19-34-12-7-25-23(28)5-10-32-17-20-35-14-13-29-2/h3-20H2,1-2H3,(H,24,27)(H,25,28). The number of rotatable bonds is 27. The number of hydrogen-bond acceptors (Lipinski definition) is 10. The van der Waals surface area contributed by atoms with Gasteiger partial charge in [-0.25, -0.2) is 0 Å². The summed E-state index contributed by atoms with van der Waals surface area (Å²) in [6, 6.07) is 0. The average Bonchev–Trinajstić information content (AvgIpc) is 2.83. The first-order valence-corrected chi connectivity index (χ1v) is 12.0. The van der Waals surface area contributed by atoms with Crippen molar-refractivity contribution in [2.24, 2.45) is 0 Å². The molecule has 2 N–H and O–H groups in total. The topological polar surface area (TPSA) is 140 Å². The molecule has 0 bridgehead atoms. The molecule has 0 fully saturated rings. The van der Waals surface area contributed by atoms with Crippen LogP contribution in [-0.2, 0) is 47.5 Å². The van der Waals surface area contributed by atoms with Crippen molar-refractivity contribution in [2.45, 2.75) is 26.2 Å². The molecule has 0 aromatic rings. The first-order chi connectivity index (χ1) is 17.1. The summed E-state index contributed by atoms with van der Waals surface area (Å²) in [6.07, 6.45) is 0.949. The van der Waals surface area contributed by atoms with Gasteiger partial charge in [0.05, 0.1) is 85.9 Å². The van der Waals surface area contributed by atoms with Crippen LogP contribution < -0.4 is 10.6 Å². The second kappa shape index (κ2) is 26.9. The van der Waals surface area contributed by atoms with Gasteiger partial charge in [-0.05, 0) is 6.92 Å². The van der Waals surface area contributed by atoms with Crippen molar-refractivity contribution in [3.63, 3.8) is 0 Å². The third-order valence-corrected chi connectivity index (χ3v) is 4.23. The van der Waals surface area contributed by atoms with E-state index in [4.69, 9.17) is 33.2 Å². The van der Waals surface area contributed by atoms with E-state index in [2.05, 4.69) is 10.6 Å². The molecule has 206 valence electrons. The summed E-state index contributed by atoms with van der Waals surface area (Å²) in [7, 11) is 1.61. The fourth-order valence-electron chi connectivity index (χ4n) is 2.36. The monoisotopic (exact) mass is 508 g/mol. The Hall–Kier alpha value is -1.67. The molecule has 0 saturated heterocycles. The maximum atomic E-state index is 11.7. The average molecular weight is 509 g/mol. The molecule has 0 radical (unpaired) electrons. The highest BCUT2D eigenvalue weighted by Gasteiger charge is 2.02. The van der Waals surface area contributed by atoms with Crippen molar-refractivity contribution in [2.75, 3.05) is 106 Å². The molecule has 12 nitrogen and oxygen atoms in total. The fraction of sp³-hybridized carbons (Fsp3) is 0.870. The summed E-state index contributed by atoms with van der Waals surface area (Å²) in [5, 5.41) is 5.49. The molecule has 0 aliphatic rings. The van der Waals surface area contributed by atoms with E-state index in [9.17, 15) is 14.4 Å². The third-order valence-electron chi connectivity index (χ3n) is 4.23. The summed E-state index contributed by atoms with van der Waals surface area (Å²) in [5.74, 6) is -0.113. The zero-order valence-electron chi connectivity index (χ0n) is 21.3. The summed E-state index contributed by atoms with van der Waals surface area (Å²) >= 11 is 0. The van der Waals surface area contributed by atoms with Crippen molar-refractivity contribution < 1.29 is 47.5 Å². The molecular formula is C23H44N2O10. The Morgan fingerprint density at radius 1 is 0.486 bits per heavy atom. The van der Waals surface area contributed by atoms with Crippen LogP contribution >= 0.6 is 0 Å². The smallest absolute Gasteiger partial charge is 0.222 e. The molecule has 0 aliphatic heterocycles. The number of hydrogen-bond donors (Lipinski definition) is 2. The largest absolute Gasteiger partial charge is 0.382 e. The van der Waals surface area contributed by atoms with Crippen LogP contribution in [0.25, 0.3) is 0 Å². The van der Waals surface area contributed by atoms with Crippen LogP contribution in [0, 0.1) is 0 Å². The van der Waals surface area contributed by atoms with Gasteiger partial charge in [-0.3, -0.25) is 14.4 Å². The van der Waals surface area contributed by atoms with Crippen molar-refractivity contribution in [3.05, 3.63) is 0 Å². The number of ketones is 1. The predicted molar refractivity (Wildman–Crippen MR) is 127 cm³/mol. The van der Waals surface area contributed by atoms with Gasteiger partial charge in [0.25, 0.3) is 0 Å². The van der Waals surface area contributed by atoms with Gasteiger partial charge in [0.2, 0.25) is 11.8 Å². The SMILES string of the molecule is COCCOCCOCCC(=O)NCCOCCOCCC(=O)NCCOCCOCCC(C)=O. The van der Waals surface area contributed by atoms with E-state index in [-0.39, 0.29) is 30.4 Å². The van der Waals surface area contributed by atoms with Crippen molar-refractivity contribution in [1.82, 2.24) is 10.6 Å². The zero-order valence-corrected chi connectivity index (χ0v) is 21.3. The Balaban J connectivity index is 3.26. The van der Waals surface area contributed by atoms with Crippen molar-refractivity contribution in [3.8, 4) is 0 Å². The highest BCUT2D eigenvalue weighted by molar-refractivity contribution is 5.76. The predicted octanol–water partition coefficient (Wildman–Crippen LogP) is -0.276. The van der Waals surface area contributed by atoms with E-state index in [1.54, 1.807) is 7.11 Å². The number of nitrogens with one attached hydrogen (secondary N) is 2. The van der Waals surface area contributed by atoms with Crippen LogP contribution in [0.15, 0.2) is 0 Å². The highest BCUT2D eigenvalue weighted by Crippen LogP contribution is 1.88. The van der Waals surface area contributed by atoms with E-state index in [0.717, 1.165) is 0 Å². The molecule has 0 aliphatic carbocycles. The Labute approximate surface area is 208 Å². The summed E-state index contributed by atoms with van der Waals surface area (Å²) in [4.78, 5) is 34.1. The van der Waals surface area contributed by atoms with Gasteiger partial charge < -0.3 is 43.8 Å². The van der Waals surface area contributed by atoms with Crippen LogP contribution in [0.2, 0.25) is 0 Å². The van der Waals surface area contributed by atoms with Gasteiger partial charge in [0.1, 0.15) is 5.78 Å². The lowest BCUT2D eigenvalue weighted by Gasteiger charge is -2.09. The first-order valence-electron chi connectivity index (χ1n) is 12.0. The molecule has 0 saturated carbocycles. The second-order valence-electron chi connectivity index (χ2n) is 7.32. The van der Waals surface area contributed by atoms with Crippen LogP contribution in [0.3, 0.4) is 0 Å². The van der Waals surface area contributed by atoms with E-state index in [1.807, 2.05) is 0 Å². The van der Waals surface area contributed by atoms with Gasteiger partial charge in [0.15, 0.2) is 0 Å². The van der Waals surface area contributed by atoms with E-state index >= 15 is 0 Å². The Kier molecular flexibility index (Phi) is 25.6. The summed E-state index contributed by atoms with van der Waals surface area (Å²) in [6.45, 7) is 7.75. The van der Waals surface area contributed by atoms with Gasteiger partial charge in [0, 0.05) is 39.5 Å². The maximum absolute atomic E-state index is 11.7. The van der Waals surface area contributed by atoms with Gasteiger partial charge in [-0.1, -0.05) is 0 Å². The molecular weight excluding hydrogens is 464 g/mol. The number of carbonyl (C=O) groups is 3. The molecule has 0 unspecified atom stereocenters. The first kappa shape index (κ1) is 33.3. The molecule has 0 rings (SSSR count). The Morgan fingerprint density at radius 3 is 1.23 bits per heavy atom. The number of amides is 2. The van der Waals surface area contributed by atoms with E-state index in [0.29, 0.717) is 105 Å².